The summed E-state index contributed by atoms with van der Waals surface area (Å²) in [7, 11) is 0. The first-order valence-electron chi connectivity index (χ1n) is 24.6. The lowest BCUT2D eigenvalue weighted by Crippen LogP contribution is -2.28. The normalized spacial score (nSPS) is 12.6. The zero-order valence-corrected chi connectivity index (χ0v) is 39.0. The van der Waals surface area contributed by atoms with Crippen LogP contribution in [0.5, 0.6) is 0 Å². The van der Waals surface area contributed by atoms with E-state index in [1.54, 1.807) is 0 Å². The lowest BCUT2D eigenvalue weighted by molar-refractivity contribution is 0.768. The first kappa shape index (κ1) is 40.8. The number of anilines is 3. The number of benzene rings is 12. The van der Waals surface area contributed by atoms with Crippen molar-refractivity contribution < 1.29 is 0 Å². The van der Waals surface area contributed by atoms with Crippen molar-refractivity contribution >= 4 is 60.4 Å². The highest BCUT2D eigenvalue weighted by Gasteiger charge is 2.47. The van der Waals surface area contributed by atoms with Crippen molar-refractivity contribution in [3.63, 3.8) is 0 Å². The molecule has 71 heavy (non-hydrogen) atoms. The Kier molecular flexibility index (Phi) is 9.47. The molecular weight excluding hydrogens is 857 g/mol. The Morgan fingerprint density at radius 1 is 0.324 bits per heavy atom. The third-order valence-corrected chi connectivity index (χ3v) is 15.0. The van der Waals surface area contributed by atoms with Gasteiger partial charge in [-0.3, -0.25) is 0 Å². The van der Waals surface area contributed by atoms with E-state index < -0.39 is 5.41 Å². The van der Waals surface area contributed by atoms with Crippen molar-refractivity contribution in [1.82, 2.24) is 4.57 Å². The maximum absolute atomic E-state index is 2.47. The second kappa shape index (κ2) is 16.5. The number of aromatic nitrogens is 1. The van der Waals surface area contributed by atoms with Crippen molar-refractivity contribution in [2.75, 3.05) is 4.90 Å². The summed E-state index contributed by atoms with van der Waals surface area (Å²) < 4.78 is 2.45. The molecule has 0 spiro atoms. The fourth-order valence-electron chi connectivity index (χ4n) is 11.9. The zero-order valence-electron chi connectivity index (χ0n) is 39.0. The lowest BCUT2D eigenvalue weighted by atomic mass is 9.68. The predicted octanol–water partition coefficient (Wildman–Crippen LogP) is 18.3. The predicted molar refractivity (Wildman–Crippen MR) is 299 cm³/mol. The molecule has 0 unspecified atom stereocenters. The fraction of sp³-hybridized carbons (Fsp3) is 0.0145. The molecule has 14 rings (SSSR count). The topological polar surface area (TPSA) is 8.17 Å². The molecule has 1 aromatic heterocycles. The van der Waals surface area contributed by atoms with Crippen LogP contribution in [0.25, 0.3) is 82.4 Å². The number of hydrogen-bond donors (Lipinski definition) is 0. The second-order valence-corrected chi connectivity index (χ2v) is 18.8. The maximum Gasteiger partial charge on any atom is 0.0714 e. The molecule has 13 aromatic rings. The highest BCUT2D eigenvalue weighted by Crippen LogP contribution is 2.59. The largest absolute Gasteiger partial charge is 0.310 e. The molecule has 0 saturated heterocycles. The highest BCUT2D eigenvalue weighted by atomic mass is 15.1. The van der Waals surface area contributed by atoms with Gasteiger partial charge in [0.2, 0.25) is 0 Å². The minimum atomic E-state index is -0.521. The van der Waals surface area contributed by atoms with Crippen LogP contribution in [0.1, 0.15) is 22.3 Å². The highest BCUT2D eigenvalue weighted by molar-refractivity contribution is 6.19. The summed E-state index contributed by atoms with van der Waals surface area (Å²) in [4.78, 5) is 2.47. The van der Waals surface area contributed by atoms with Crippen LogP contribution in [0.4, 0.5) is 17.1 Å². The van der Waals surface area contributed by atoms with Crippen LogP contribution in [0.2, 0.25) is 0 Å². The average molecular weight is 903 g/mol. The molecule has 1 aliphatic carbocycles. The molecule has 0 N–H and O–H groups in total. The molecule has 332 valence electrons. The summed E-state index contributed by atoms with van der Waals surface area (Å²) in [6.45, 7) is 0. The van der Waals surface area contributed by atoms with Crippen LogP contribution in [0.15, 0.2) is 279 Å². The molecule has 2 nitrogen and oxygen atoms in total. The van der Waals surface area contributed by atoms with Gasteiger partial charge in [-0.25, -0.2) is 0 Å². The number of nitrogens with zero attached hydrogens (tertiary/aromatic N) is 2. The van der Waals surface area contributed by atoms with Gasteiger partial charge in [0, 0.05) is 38.8 Å². The van der Waals surface area contributed by atoms with Crippen LogP contribution in [0, 0.1) is 0 Å². The Morgan fingerprint density at radius 3 is 1.55 bits per heavy atom. The molecule has 0 amide bonds. The Bertz CT molecular complexity index is 4090. The number of fused-ring (bicyclic) bond motifs is 9. The van der Waals surface area contributed by atoms with E-state index >= 15 is 0 Å². The summed E-state index contributed by atoms with van der Waals surface area (Å²) >= 11 is 0. The molecular formula is C69H46N2. The van der Waals surface area contributed by atoms with Crippen molar-refractivity contribution in [3.05, 3.63) is 301 Å². The van der Waals surface area contributed by atoms with E-state index in [1.807, 2.05) is 0 Å². The molecule has 0 fully saturated rings. The molecule has 0 radical (unpaired) electrons. The van der Waals surface area contributed by atoms with Crippen molar-refractivity contribution in [1.29, 1.82) is 0 Å². The second-order valence-electron chi connectivity index (χ2n) is 18.8. The Labute approximate surface area is 413 Å². The van der Waals surface area contributed by atoms with Gasteiger partial charge >= 0.3 is 0 Å². The van der Waals surface area contributed by atoms with Gasteiger partial charge in [-0.2, -0.15) is 0 Å². The monoisotopic (exact) mass is 902 g/mol. The third-order valence-electron chi connectivity index (χ3n) is 15.0. The molecule has 1 heterocycles. The van der Waals surface area contributed by atoms with Gasteiger partial charge in [-0.15, -0.1) is 0 Å². The van der Waals surface area contributed by atoms with E-state index in [1.165, 1.54) is 93.4 Å². The summed E-state index contributed by atoms with van der Waals surface area (Å²) in [5, 5.41) is 7.47. The summed E-state index contributed by atoms with van der Waals surface area (Å²) in [5.41, 5.74) is 18.6. The quantitative estimate of drug-likeness (QED) is 0.147. The standard InChI is InChI=1S/C69H46N2/c1-4-20-54(21-5-1)69(55-22-6-2-7-23-55)63-28-15-14-27-62(63)67-64(69)29-16-30-65(67)70(57-39-33-48(34-40-57)52-32-31-47-17-10-11-19-51(47)45-52)58-41-35-49(36-42-58)53-38-43-60-61-44-37-50-18-12-13-26-59(50)68(61)71(66(60)46-53)56-24-8-3-9-25-56/h1-46H. The summed E-state index contributed by atoms with van der Waals surface area (Å²) in [6, 6.07) is 103. The minimum absolute atomic E-state index is 0.521. The minimum Gasteiger partial charge on any atom is -0.310 e. The van der Waals surface area contributed by atoms with E-state index in [-0.39, 0.29) is 0 Å². The van der Waals surface area contributed by atoms with E-state index in [0.29, 0.717) is 0 Å². The van der Waals surface area contributed by atoms with Crippen LogP contribution in [-0.2, 0) is 5.41 Å². The first-order valence-corrected chi connectivity index (χ1v) is 24.6. The third kappa shape index (κ3) is 6.42. The Hall–Kier alpha value is -9.24. The van der Waals surface area contributed by atoms with E-state index in [9.17, 15) is 0 Å². The molecule has 0 saturated carbocycles. The summed E-state index contributed by atoms with van der Waals surface area (Å²) in [5.74, 6) is 0. The van der Waals surface area contributed by atoms with Gasteiger partial charge in [0.05, 0.1) is 22.1 Å². The Morgan fingerprint density at radius 2 is 0.845 bits per heavy atom. The van der Waals surface area contributed by atoms with E-state index in [2.05, 4.69) is 289 Å². The molecule has 2 heteroatoms. The van der Waals surface area contributed by atoms with Crippen LogP contribution >= 0.6 is 0 Å². The van der Waals surface area contributed by atoms with Gasteiger partial charge < -0.3 is 9.47 Å². The van der Waals surface area contributed by atoms with Gasteiger partial charge in [-0.05, 0) is 121 Å². The molecule has 0 aliphatic heterocycles. The summed E-state index contributed by atoms with van der Waals surface area (Å²) in [6.07, 6.45) is 0. The van der Waals surface area contributed by atoms with Crippen LogP contribution in [-0.4, -0.2) is 4.57 Å². The smallest absolute Gasteiger partial charge is 0.0714 e. The Balaban J connectivity index is 0.951. The lowest BCUT2D eigenvalue weighted by Gasteiger charge is -2.34. The SMILES string of the molecule is c1ccc(-n2c3cc(-c4ccc(N(c5ccc(-c6ccc7ccccc7c6)cc5)c5cccc6c5-c5ccccc5C6(c5ccccc5)c5ccccc5)cc4)ccc3c3ccc4ccccc4c32)cc1. The molecule has 0 atom stereocenters. The molecule has 1 aliphatic rings. The van der Waals surface area contributed by atoms with Crippen molar-refractivity contribution in [2.24, 2.45) is 0 Å². The van der Waals surface area contributed by atoms with E-state index in [0.717, 1.165) is 28.3 Å². The number of rotatable bonds is 8. The fourth-order valence-corrected chi connectivity index (χ4v) is 11.9. The van der Waals surface area contributed by atoms with Crippen molar-refractivity contribution in [2.45, 2.75) is 5.41 Å². The van der Waals surface area contributed by atoms with Gasteiger partial charge in [0.1, 0.15) is 0 Å². The van der Waals surface area contributed by atoms with Crippen LogP contribution < -0.4 is 4.90 Å². The first-order chi connectivity index (χ1) is 35.2. The van der Waals surface area contributed by atoms with E-state index in [4.69, 9.17) is 0 Å². The maximum atomic E-state index is 2.47. The average Bonchev–Trinajstić information content (AvgIpc) is 3.95. The zero-order chi connectivity index (χ0) is 46.9. The number of hydrogen-bond acceptors (Lipinski definition) is 1. The molecule has 12 aromatic carbocycles. The van der Waals surface area contributed by atoms with Gasteiger partial charge in [-0.1, -0.05) is 224 Å². The van der Waals surface area contributed by atoms with Crippen molar-refractivity contribution in [3.8, 4) is 39.1 Å². The van der Waals surface area contributed by atoms with Gasteiger partial charge in [0.15, 0.2) is 0 Å². The molecule has 0 bridgehead atoms. The van der Waals surface area contributed by atoms with Gasteiger partial charge in [0.25, 0.3) is 0 Å². The van der Waals surface area contributed by atoms with Crippen LogP contribution in [0.3, 0.4) is 0 Å². The number of para-hydroxylation sites is 1.